The summed E-state index contributed by atoms with van der Waals surface area (Å²) in [5.74, 6) is 1.48. The highest BCUT2D eigenvalue weighted by Gasteiger charge is 2.28. The Hall–Kier alpha value is -3.60. The first-order valence-corrected chi connectivity index (χ1v) is 10.9. The van der Waals surface area contributed by atoms with E-state index in [0.29, 0.717) is 24.0 Å². The number of nitrogens with zero attached hydrogens (tertiary/aromatic N) is 1. The molecular weight excluding hydrogens is 400 g/mol. The molecular formula is C27H28N2O3. The van der Waals surface area contributed by atoms with E-state index in [1.54, 1.807) is 7.05 Å². The number of hydrogen-bond donors (Lipinski definition) is 1. The van der Waals surface area contributed by atoms with E-state index in [4.69, 9.17) is 9.57 Å². The van der Waals surface area contributed by atoms with Crippen LogP contribution >= 0.6 is 0 Å². The second-order valence-electron chi connectivity index (χ2n) is 8.03. The highest BCUT2D eigenvalue weighted by Crippen LogP contribution is 2.44. The molecule has 3 aromatic carbocycles. The lowest BCUT2D eigenvalue weighted by Gasteiger charge is -2.14. The van der Waals surface area contributed by atoms with Crippen LogP contribution in [0.2, 0.25) is 0 Å². The van der Waals surface area contributed by atoms with Crippen molar-refractivity contribution in [1.82, 2.24) is 5.32 Å². The summed E-state index contributed by atoms with van der Waals surface area (Å²) in [5.41, 5.74) is 5.96. The number of fused-ring (bicyclic) bond motifs is 1. The predicted octanol–water partition coefficient (Wildman–Crippen LogP) is 5.00. The van der Waals surface area contributed by atoms with Crippen molar-refractivity contribution in [1.29, 1.82) is 0 Å². The molecule has 0 aromatic heterocycles. The van der Waals surface area contributed by atoms with Crippen LogP contribution in [0.3, 0.4) is 0 Å². The number of hydrogen-bond acceptors (Lipinski definition) is 4. The van der Waals surface area contributed by atoms with Crippen LogP contribution in [0.4, 0.5) is 0 Å². The lowest BCUT2D eigenvalue weighted by Crippen LogP contribution is -2.29. The molecule has 0 radical (unpaired) electrons. The molecule has 0 saturated heterocycles. The van der Waals surface area contributed by atoms with Gasteiger partial charge >= 0.3 is 0 Å². The van der Waals surface area contributed by atoms with Crippen LogP contribution in [0.1, 0.15) is 53.0 Å². The fourth-order valence-electron chi connectivity index (χ4n) is 4.46. The highest BCUT2D eigenvalue weighted by molar-refractivity contribution is 6.45. The maximum Gasteiger partial charge on any atom is 0.273 e. The molecule has 32 heavy (non-hydrogen) atoms. The standard InChI is InChI=1S/C27H28N2O3/c1-18-16-25(24-11-7-6-9-22(18)24)19-12-14-21(15-13-19)32-17-20-8-4-5-10-23(20)26(29-31-3)27(30)28-2/h4-15,18,25H,16-17H2,1-3H3,(H,28,30)/b29-26+. The largest absolute Gasteiger partial charge is 0.489 e. The minimum Gasteiger partial charge on any atom is -0.489 e. The van der Waals surface area contributed by atoms with Gasteiger partial charge < -0.3 is 14.9 Å². The molecule has 0 aliphatic heterocycles. The van der Waals surface area contributed by atoms with Gasteiger partial charge in [0.15, 0.2) is 5.71 Å². The third-order valence-electron chi connectivity index (χ3n) is 6.07. The van der Waals surface area contributed by atoms with Gasteiger partial charge in [0, 0.05) is 18.5 Å². The molecule has 1 aliphatic carbocycles. The number of nitrogens with one attached hydrogen (secondary N) is 1. The first kappa shape index (κ1) is 21.6. The summed E-state index contributed by atoms with van der Waals surface area (Å²) in [7, 11) is 2.99. The maximum atomic E-state index is 12.2. The molecule has 2 atom stereocenters. The van der Waals surface area contributed by atoms with E-state index in [0.717, 1.165) is 17.7 Å². The summed E-state index contributed by atoms with van der Waals surface area (Å²) in [6, 6.07) is 24.6. The number of amides is 1. The van der Waals surface area contributed by atoms with Gasteiger partial charge in [0.2, 0.25) is 0 Å². The topological polar surface area (TPSA) is 59.9 Å². The molecule has 1 N–H and O–H groups in total. The first-order valence-electron chi connectivity index (χ1n) is 10.9. The minimum atomic E-state index is -0.310. The molecule has 5 heteroatoms. The lowest BCUT2D eigenvalue weighted by molar-refractivity contribution is -0.114. The number of oxime groups is 1. The fraction of sp³-hybridized carbons (Fsp3) is 0.259. The third-order valence-corrected chi connectivity index (χ3v) is 6.07. The van der Waals surface area contributed by atoms with Gasteiger partial charge in [-0.05, 0) is 46.7 Å². The van der Waals surface area contributed by atoms with Gasteiger partial charge in [-0.2, -0.15) is 0 Å². The third kappa shape index (κ3) is 4.37. The second kappa shape index (κ2) is 9.69. The van der Waals surface area contributed by atoms with E-state index in [-0.39, 0.29) is 11.6 Å². The zero-order valence-corrected chi connectivity index (χ0v) is 18.7. The molecule has 4 rings (SSSR count). The first-order chi connectivity index (χ1) is 15.6. The average molecular weight is 429 g/mol. The summed E-state index contributed by atoms with van der Waals surface area (Å²) < 4.78 is 6.06. The summed E-state index contributed by atoms with van der Waals surface area (Å²) >= 11 is 0. The molecule has 0 heterocycles. The number of carbonyl (C=O) groups is 1. The van der Waals surface area contributed by atoms with Crippen molar-refractivity contribution in [3.05, 3.63) is 101 Å². The fourth-order valence-corrected chi connectivity index (χ4v) is 4.46. The van der Waals surface area contributed by atoms with Crippen molar-refractivity contribution in [2.45, 2.75) is 31.8 Å². The zero-order valence-electron chi connectivity index (χ0n) is 18.7. The molecule has 1 aliphatic rings. The SMILES string of the molecule is CNC(=O)/C(=N/OC)c1ccccc1COc1ccc(C2CC(C)c3ccccc32)cc1. The van der Waals surface area contributed by atoms with E-state index in [1.165, 1.54) is 23.8 Å². The quantitative estimate of drug-likeness (QED) is 0.425. The average Bonchev–Trinajstić information content (AvgIpc) is 3.18. The molecule has 2 unspecified atom stereocenters. The molecule has 0 bridgehead atoms. The number of rotatable bonds is 7. The normalized spacial score (nSPS) is 17.5. The summed E-state index contributed by atoms with van der Waals surface area (Å²) in [5, 5.41) is 6.51. The molecule has 164 valence electrons. The van der Waals surface area contributed by atoms with E-state index < -0.39 is 0 Å². The lowest BCUT2D eigenvalue weighted by atomic mass is 9.93. The Balaban J connectivity index is 1.50. The van der Waals surface area contributed by atoms with Crippen LogP contribution in [0, 0.1) is 0 Å². The van der Waals surface area contributed by atoms with Crippen LogP contribution in [-0.4, -0.2) is 25.8 Å². The Morgan fingerprint density at radius 3 is 2.41 bits per heavy atom. The van der Waals surface area contributed by atoms with Gasteiger partial charge in [0.05, 0.1) is 0 Å². The van der Waals surface area contributed by atoms with Crippen LogP contribution in [-0.2, 0) is 16.2 Å². The predicted molar refractivity (Wildman–Crippen MR) is 126 cm³/mol. The van der Waals surface area contributed by atoms with Crippen LogP contribution in [0.25, 0.3) is 0 Å². The highest BCUT2D eigenvalue weighted by atomic mass is 16.6. The smallest absolute Gasteiger partial charge is 0.273 e. The maximum absolute atomic E-state index is 12.2. The van der Waals surface area contributed by atoms with Crippen LogP contribution in [0.5, 0.6) is 5.75 Å². The molecule has 5 nitrogen and oxygen atoms in total. The summed E-state index contributed by atoms with van der Waals surface area (Å²) in [6.45, 7) is 2.62. The monoisotopic (exact) mass is 428 g/mol. The Morgan fingerprint density at radius 2 is 1.69 bits per heavy atom. The Morgan fingerprint density at radius 1 is 1.00 bits per heavy atom. The number of benzene rings is 3. The van der Waals surface area contributed by atoms with Gasteiger partial charge in [0.1, 0.15) is 19.5 Å². The van der Waals surface area contributed by atoms with Crippen molar-refractivity contribution in [2.75, 3.05) is 14.2 Å². The van der Waals surface area contributed by atoms with E-state index >= 15 is 0 Å². The molecule has 1 amide bonds. The van der Waals surface area contributed by atoms with Crippen molar-refractivity contribution < 1.29 is 14.4 Å². The Labute approximate surface area is 189 Å². The second-order valence-corrected chi connectivity index (χ2v) is 8.03. The zero-order chi connectivity index (χ0) is 22.5. The van der Waals surface area contributed by atoms with Crippen molar-refractivity contribution >= 4 is 11.6 Å². The molecule has 0 fully saturated rings. The summed E-state index contributed by atoms with van der Waals surface area (Å²) in [6.07, 6.45) is 1.13. The number of likely N-dealkylation sites (N-methyl/N-ethyl adjacent to an activating group) is 1. The molecule has 3 aromatic rings. The number of carbonyl (C=O) groups excluding carboxylic acids is 1. The van der Waals surface area contributed by atoms with Crippen LogP contribution < -0.4 is 10.1 Å². The van der Waals surface area contributed by atoms with Gasteiger partial charge in [0.25, 0.3) is 5.91 Å². The van der Waals surface area contributed by atoms with Crippen molar-refractivity contribution in [2.24, 2.45) is 5.16 Å². The van der Waals surface area contributed by atoms with E-state index in [9.17, 15) is 4.79 Å². The van der Waals surface area contributed by atoms with Crippen molar-refractivity contribution in [3.63, 3.8) is 0 Å². The number of ether oxygens (including phenoxy) is 1. The van der Waals surface area contributed by atoms with Gasteiger partial charge in [-0.15, -0.1) is 0 Å². The van der Waals surface area contributed by atoms with Crippen molar-refractivity contribution in [3.8, 4) is 5.75 Å². The summed E-state index contributed by atoms with van der Waals surface area (Å²) in [4.78, 5) is 17.1. The van der Waals surface area contributed by atoms with Gasteiger partial charge in [-0.3, -0.25) is 4.79 Å². The minimum absolute atomic E-state index is 0.221. The Kier molecular flexibility index (Phi) is 6.55. The van der Waals surface area contributed by atoms with Gasteiger partial charge in [-0.25, -0.2) is 0 Å². The molecule has 0 saturated carbocycles. The van der Waals surface area contributed by atoms with E-state index in [2.05, 4.69) is 53.8 Å². The van der Waals surface area contributed by atoms with Gasteiger partial charge in [-0.1, -0.05) is 72.7 Å². The van der Waals surface area contributed by atoms with Crippen LogP contribution in [0.15, 0.2) is 78.0 Å². The molecule has 0 spiro atoms. The van der Waals surface area contributed by atoms with E-state index in [1.807, 2.05) is 36.4 Å². The Bertz CT molecular complexity index is 1120.